The van der Waals surface area contributed by atoms with Gasteiger partial charge in [0, 0.05) is 0 Å². The van der Waals surface area contributed by atoms with Crippen molar-refractivity contribution in [1.82, 2.24) is 0 Å². The van der Waals surface area contributed by atoms with Gasteiger partial charge in [-0.25, -0.2) is 4.39 Å². The first kappa shape index (κ1) is 7.09. The third-order valence-electron chi connectivity index (χ3n) is 0.641. The number of carbonyl (C=O) groups is 1. The van der Waals surface area contributed by atoms with Gasteiger partial charge >= 0.3 is 0 Å². The SMILES string of the molecule is CC(C)(F)C(=O)C#N. The Morgan fingerprint density at radius 1 is 1.75 bits per heavy atom. The molecule has 0 radical (unpaired) electrons. The van der Waals surface area contributed by atoms with E-state index in [9.17, 15) is 9.18 Å². The van der Waals surface area contributed by atoms with Gasteiger partial charge in [0.1, 0.15) is 6.07 Å². The highest BCUT2D eigenvalue weighted by Gasteiger charge is 2.25. The van der Waals surface area contributed by atoms with Crippen molar-refractivity contribution in [2.45, 2.75) is 19.5 Å². The molecule has 0 N–H and O–H groups in total. The lowest BCUT2D eigenvalue weighted by molar-refractivity contribution is -0.122. The van der Waals surface area contributed by atoms with Crippen LogP contribution in [0.5, 0.6) is 0 Å². The molecule has 0 aliphatic heterocycles. The highest BCUT2D eigenvalue weighted by Crippen LogP contribution is 2.07. The Labute approximate surface area is 46.9 Å². The first-order valence-corrected chi connectivity index (χ1v) is 2.12. The zero-order chi connectivity index (χ0) is 6.78. The summed E-state index contributed by atoms with van der Waals surface area (Å²) in [6, 6.07) is 1.19. The maximum atomic E-state index is 12.2. The molecule has 0 heterocycles. The molecule has 0 spiro atoms. The summed E-state index contributed by atoms with van der Waals surface area (Å²) < 4.78 is 12.2. The van der Waals surface area contributed by atoms with Crippen molar-refractivity contribution in [3.63, 3.8) is 0 Å². The number of hydrogen-bond donors (Lipinski definition) is 0. The van der Waals surface area contributed by atoms with Crippen LogP contribution in [0.3, 0.4) is 0 Å². The van der Waals surface area contributed by atoms with E-state index in [1.807, 2.05) is 0 Å². The molecule has 0 bridgehead atoms. The molecular formula is C5H6FNO. The van der Waals surface area contributed by atoms with Gasteiger partial charge in [0.15, 0.2) is 5.67 Å². The molecule has 0 aromatic carbocycles. The summed E-state index contributed by atoms with van der Waals surface area (Å²) >= 11 is 0. The lowest BCUT2D eigenvalue weighted by Crippen LogP contribution is -2.23. The van der Waals surface area contributed by atoms with E-state index in [2.05, 4.69) is 0 Å². The van der Waals surface area contributed by atoms with Crippen LogP contribution in [0.15, 0.2) is 0 Å². The Bertz CT molecular complexity index is 139. The van der Waals surface area contributed by atoms with E-state index >= 15 is 0 Å². The topological polar surface area (TPSA) is 40.9 Å². The summed E-state index contributed by atoms with van der Waals surface area (Å²) in [6.07, 6.45) is 0. The van der Waals surface area contributed by atoms with Crippen molar-refractivity contribution in [2.75, 3.05) is 0 Å². The number of nitriles is 1. The van der Waals surface area contributed by atoms with E-state index in [0.717, 1.165) is 13.8 Å². The normalized spacial score (nSPS) is 10.2. The summed E-state index contributed by atoms with van der Waals surface area (Å²) in [6.45, 7) is 2.11. The van der Waals surface area contributed by atoms with E-state index in [0.29, 0.717) is 0 Å². The number of rotatable bonds is 1. The molecule has 0 rings (SSSR count). The second-order valence-corrected chi connectivity index (χ2v) is 1.91. The molecule has 44 valence electrons. The van der Waals surface area contributed by atoms with Gasteiger partial charge in [-0.15, -0.1) is 0 Å². The fraction of sp³-hybridized carbons (Fsp3) is 0.600. The molecule has 0 aromatic rings. The van der Waals surface area contributed by atoms with Crippen molar-refractivity contribution in [3.05, 3.63) is 0 Å². The van der Waals surface area contributed by atoms with Gasteiger partial charge in [0.05, 0.1) is 0 Å². The number of Topliss-reactive ketones (excluding diaryl/α,β-unsaturated/α-hetero) is 1. The Morgan fingerprint density at radius 2 is 2.12 bits per heavy atom. The van der Waals surface area contributed by atoms with Gasteiger partial charge in [0.2, 0.25) is 0 Å². The molecule has 3 heteroatoms. The first-order chi connectivity index (χ1) is 3.48. The van der Waals surface area contributed by atoms with Gasteiger partial charge in [-0.3, -0.25) is 4.79 Å². The predicted molar refractivity (Wildman–Crippen MR) is 25.8 cm³/mol. The van der Waals surface area contributed by atoms with Crippen LogP contribution in [0.1, 0.15) is 13.8 Å². The maximum absolute atomic E-state index is 12.2. The van der Waals surface area contributed by atoms with Crippen LogP contribution in [0.2, 0.25) is 0 Å². The van der Waals surface area contributed by atoms with Crippen molar-refractivity contribution < 1.29 is 9.18 Å². The second-order valence-electron chi connectivity index (χ2n) is 1.91. The first-order valence-electron chi connectivity index (χ1n) is 2.12. The van der Waals surface area contributed by atoms with Crippen LogP contribution in [0.25, 0.3) is 0 Å². The number of alkyl halides is 1. The minimum Gasteiger partial charge on any atom is -0.279 e. The standard InChI is InChI=1S/C5H6FNO/c1-5(2,6)4(8)3-7/h1-2H3. The molecule has 0 aromatic heterocycles. The number of carbonyl (C=O) groups excluding carboxylic acids is 1. The number of halogens is 1. The van der Waals surface area contributed by atoms with Crippen LogP contribution in [0, 0.1) is 11.3 Å². The highest BCUT2D eigenvalue weighted by molar-refractivity contribution is 5.99. The second kappa shape index (κ2) is 1.91. The number of ketones is 1. The molecule has 0 fully saturated rings. The predicted octanol–water partition coefficient (Wildman–Crippen LogP) is 0.827. The van der Waals surface area contributed by atoms with Crippen LogP contribution in [-0.4, -0.2) is 11.5 Å². The van der Waals surface area contributed by atoms with Gasteiger partial charge in [-0.2, -0.15) is 5.26 Å². The van der Waals surface area contributed by atoms with Gasteiger partial charge in [-0.1, -0.05) is 0 Å². The molecule has 0 aliphatic carbocycles. The van der Waals surface area contributed by atoms with Crippen LogP contribution in [-0.2, 0) is 4.79 Å². The molecule has 0 saturated carbocycles. The van der Waals surface area contributed by atoms with E-state index in [1.165, 1.54) is 6.07 Å². The molecule has 0 atom stereocenters. The van der Waals surface area contributed by atoms with Crippen LogP contribution in [0.4, 0.5) is 4.39 Å². The average molecular weight is 115 g/mol. The lowest BCUT2D eigenvalue weighted by atomic mass is 10.1. The van der Waals surface area contributed by atoms with Crippen molar-refractivity contribution in [2.24, 2.45) is 0 Å². The maximum Gasteiger partial charge on any atom is 0.268 e. The van der Waals surface area contributed by atoms with Crippen LogP contribution >= 0.6 is 0 Å². The molecule has 2 nitrogen and oxygen atoms in total. The quantitative estimate of drug-likeness (QED) is 0.475. The Kier molecular flexibility index (Phi) is 1.69. The van der Waals surface area contributed by atoms with E-state index in [1.54, 1.807) is 0 Å². The van der Waals surface area contributed by atoms with Crippen molar-refractivity contribution in [1.29, 1.82) is 5.26 Å². The highest BCUT2D eigenvalue weighted by atomic mass is 19.1. The Hall–Kier alpha value is -0.910. The monoisotopic (exact) mass is 115 g/mol. The minimum absolute atomic E-state index is 1.03. The van der Waals surface area contributed by atoms with E-state index in [-0.39, 0.29) is 0 Å². The largest absolute Gasteiger partial charge is 0.279 e. The van der Waals surface area contributed by atoms with Crippen molar-refractivity contribution >= 4 is 5.78 Å². The van der Waals surface area contributed by atoms with Crippen molar-refractivity contribution in [3.8, 4) is 6.07 Å². The smallest absolute Gasteiger partial charge is 0.268 e. The summed E-state index contributed by atoms with van der Waals surface area (Å²) in [5, 5.41) is 7.83. The zero-order valence-electron chi connectivity index (χ0n) is 4.73. The summed E-state index contributed by atoms with van der Waals surface area (Å²) in [7, 11) is 0. The van der Waals surface area contributed by atoms with Gasteiger partial charge < -0.3 is 0 Å². The zero-order valence-corrected chi connectivity index (χ0v) is 4.73. The fourth-order valence-corrected chi connectivity index (χ4v) is 0.133. The lowest BCUT2D eigenvalue weighted by Gasteiger charge is -2.03. The molecule has 8 heavy (non-hydrogen) atoms. The van der Waals surface area contributed by atoms with Crippen LogP contribution < -0.4 is 0 Å². The summed E-state index contributed by atoms with van der Waals surface area (Å²) in [5.41, 5.74) is -1.99. The summed E-state index contributed by atoms with van der Waals surface area (Å²) in [5.74, 6) is -1.03. The Balaban J connectivity index is 4.09. The molecule has 0 saturated heterocycles. The third-order valence-corrected chi connectivity index (χ3v) is 0.641. The third kappa shape index (κ3) is 1.69. The Morgan fingerprint density at radius 3 is 2.12 bits per heavy atom. The van der Waals surface area contributed by atoms with E-state index in [4.69, 9.17) is 5.26 Å². The molecular weight excluding hydrogens is 109 g/mol. The molecule has 0 aliphatic rings. The minimum atomic E-state index is -1.99. The van der Waals surface area contributed by atoms with Gasteiger partial charge in [0.25, 0.3) is 5.78 Å². The fourth-order valence-electron chi connectivity index (χ4n) is 0.133. The summed E-state index contributed by atoms with van der Waals surface area (Å²) in [4.78, 5) is 10.1. The number of hydrogen-bond acceptors (Lipinski definition) is 2. The average Bonchev–Trinajstić information content (AvgIpc) is 1.62. The number of nitrogens with zero attached hydrogens (tertiary/aromatic N) is 1. The van der Waals surface area contributed by atoms with Gasteiger partial charge in [-0.05, 0) is 13.8 Å². The molecule has 0 unspecified atom stereocenters. The molecule has 0 amide bonds. The van der Waals surface area contributed by atoms with E-state index < -0.39 is 11.5 Å².